The van der Waals surface area contributed by atoms with Crippen LogP contribution in [0.5, 0.6) is 0 Å². The lowest BCUT2D eigenvalue weighted by Crippen LogP contribution is -2.02. The average molecular weight is 318 g/mol. The van der Waals surface area contributed by atoms with Gasteiger partial charge in [0, 0.05) is 16.7 Å². The van der Waals surface area contributed by atoms with Gasteiger partial charge in [0.05, 0.1) is 16.4 Å². The van der Waals surface area contributed by atoms with Gasteiger partial charge in [-0.05, 0) is 30.7 Å². The van der Waals surface area contributed by atoms with Crippen LogP contribution in [0.25, 0.3) is 16.9 Å². The number of nitrogens with two attached hydrogens (primary N) is 1. The molecular weight excluding hydrogens is 305 g/mol. The first-order valence-electron chi connectivity index (χ1n) is 6.43. The van der Waals surface area contributed by atoms with Gasteiger partial charge in [-0.25, -0.2) is 4.68 Å². The first kappa shape index (κ1) is 14.0. The summed E-state index contributed by atoms with van der Waals surface area (Å²) in [5.74, 6) is 0.525. The van der Waals surface area contributed by atoms with E-state index in [1.807, 2.05) is 37.3 Å². The molecule has 5 heteroatoms. The van der Waals surface area contributed by atoms with Crippen LogP contribution in [-0.4, -0.2) is 9.78 Å². The SMILES string of the molecule is Cc1ccccc1-c1cc(N)n(-c2ccc(Cl)cc2Cl)n1. The van der Waals surface area contributed by atoms with Gasteiger partial charge in [-0.15, -0.1) is 0 Å². The van der Waals surface area contributed by atoms with Crippen molar-refractivity contribution in [3.63, 3.8) is 0 Å². The first-order chi connectivity index (χ1) is 10.1. The average Bonchev–Trinajstić information content (AvgIpc) is 2.81. The second kappa shape index (κ2) is 5.43. The van der Waals surface area contributed by atoms with E-state index in [1.165, 1.54) is 0 Å². The van der Waals surface area contributed by atoms with E-state index < -0.39 is 0 Å². The lowest BCUT2D eigenvalue weighted by Gasteiger charge is -2.06. The molecule has 0 aliphatic heterocycles. The Kier molecular flexibility index (Phi) is 3.62. The Morgan fingerprint density at radius 1 is 1.05 bits per heavy atom. The minimum Gasteiger partial charge on any atom is -0.384 e. The third-order valence-corrected chi connectivity index (χ3v) is 3.83. The van der Waals surface area contributed by atoms with Gasteiger partial charge in [0.2, 0.25) is 0 Å². The minimum absolute atomic E-state index is 0.508. The molecule has 0 aliphatic rings. The summed E-state index contributed by atoms with van der Waals surface area (Å²) in [5.41, 5.74) is 9.79. The molecule has 1 aromatic heterocycles. The quantitative estimate of drug-likeness (QED) is 0.742. The molecule has 0 saturated carbocycles. The van der Waals surface area contributed by atoms with Gasteiger partial charge in [0.25, 0.3) is 0 Å². The predicted molar refractivity (Wildman–Crippen MR) is 88.2 cm³/mol. The summed E-state index contributed by atoms with van der Waals surface area (Å²) in [4.78, 5) is 0. The molecule has 0 bridgehead atoms. The van der Waals surface area contributed by atoms with Gasteiger partial charge < -0.3 is 5.73 Å². The second-order valence-corrected chi connectivity index (χ2v) is 5.62. The Labute approximate surface area is 132 Å². The van der Waals surface area contributed by atoms with Gasteiger partial charge in [-0.3, -0.25) is 0 Å². The van der Waals surface area contributed by atoms with E-state index in [0.29, 0.717) is 21.6 Å². The van der Waals surface area contributed by atoms with Crippen LogP contribution >= 0.6 is 23.2 Å². The summed E-state index contributed by atoms with van der Waals surface area (Å²) in [6.45, 7) is 2.04. The molecule has 0 fully saturated rings. The zero-order chi connectivity index (χ0) is 15.0. The molecule has 3 nitrogen and oxygen atoms in total. The number of nitrogen functional groups attached to an aromatic ring is 1. The van der Waals surface area contributed by atoms with Crippen molar-refractivity contribution in [3.8, 4) is 16.9 Å². The summed E-state index contributed by atoms with van der Waals surface area (Å²) in [7, 11) is 0. The molecule has 0 unspecified atom stereocenters. The summed E-state index contributed by atoms with van der Waals surface area (Å²) in [6.07, 6.45) is 0. The number of rotatable bonds is 2. The fourth-order valence-corrected chi connectivity index (χ4v) is 2.72. The van der Waals surface area contributed by atoms with Crippen LogP contribution in [-0.2, 0) is 0 Å². The van der Waals surface area contributed by atoms with E-state index in [9.17, 15) is 0 Å². The zero-order valence-corrected chi connectivity index (χ0v) is 12.9. The van der Waals surface area contributed by atoms with Crippen molar-refractivity contribution in [1.82, 2.24) is 9.78 Å². The highest BCUT2D eigenvalue weighted by molar-refractivity contribution is 6.35. The lowest BCUT2D eigenvalue weighted by molar-refractivity contribution is 0.895. The van der Waals surface area contributed by atoms with Crippen molar-refractivity contribution in [2.45, 2.75) is 6.92 Å². The molecule has 3 rings (SSSR count). The molecule has 0 spiro atoms. The minimum atomic E-state index is 0.508. The number of hydrogen-bond donors (Lipinski definition) is 1. The van der Waals surface area contributed by atoms with Gasteiger partial charge in [0.15, 0.2) is 0 Å². The molecule has 0 radical (unpaired) electrons. The molecule has 2 N–H and O–H groups in total. The normalized spacial score (nSPS) is 10.8. The van der Waals surface area contributed by atoms with E-state index in [4.69, 9.17) is 28.9 Å². The largest absolute Gasteiger partial charge is 0.384 e. The molecule has 0 aliphatic carbocycles. The third kappa shape index (κ3) is 2.62. The van der Waals surface area contributed by atoms with Crippen LogP contribution in [0.15, 0.2) is 48.5 Å². The number of halogens is 2. The Bertz CT molecular complexity index is 809. The van der Waals surface area contributed by atoms with Crippen LogP contribution in [0, 0.1) is 6.92 Å². The second-order valence-electron chi connectivity index (χ2n) is 4.78. The van der Waals surface area contributed by atoms with Crippen LogP contribution < -0.4 is 5.73 Å². The smallest absolute Gasteiger partial charge is 0.127 e. The van der Waals surface area contributed by atoms with E-state index in [-0.39, 0.29) is 0 Å². The molecule has 0 amide bonds. The number of aryl methyl sites for hydroxylation is 1. The molecule has 0 atom stereocenters. The van der Waals surface area contributed by atoms with E-state index in [0.717, 1.165) is 16.8 Å². The highest BCUT2D eigenvalue weighted by Crippen LogP contribution is 2.29. The van der Waals surface area contributed by atoms with Crippen LogP contribution in [0.1, 0.15) is 5.56 Å². The topological polar surface area (TPSA) is 43.8 Å². The lowest BCUT2D eigenvalue weighted by atomic mass is 10.1. The Morgan fingerprint density at radius 3 is 2.52 bits per heavy atom. The van der Waals surface area contributed by atoms with Gasteiger partial charge in [-0.2, -0.15) is 5.10 Å². The summed E-state index contributed by atoms with van der Waals surface area (Å²) in [6, 6.07) is 15.1. The third-order valence-electron chi connectivity index (χ3n) is 3.30. The number of benzene rings is 2. The maximum Gasteiger partial charge on any atom is 0.127 e. The van der Waals surface area contributed by atoms with Crippen molar-refractivity contribution in [2.75, 3.05) is 5.73 Å². The maximum absolute atomic E-state index is 6.22. The van der Waals surface area contributed by atoms with Gasteiger partial charge >= 0.3 is 0 Å². The van der Waals surface area contributed by atoms with E-state index in [2.05, 4.69) is 5.10 Å². The number of hydrogen-bond acceptors (Lipinski definition) is 2. The first-order valence-corrected chi connectivity index (χ1v) is 7.19. The predicted octanol–water partition coefficient (Wildman–Crippen LogP) is 4.74. The van der Waals surface area contributed by atoms with Crippen molar-refractivity contribution < 1.29 is 0 Å². The fourth-order valence-electron chi connectivity index (χ4n) is 2.23. The molecule has 106 valence electrons. The molecule has 2 aromatic carbocycles. The number of aromatic nitrogens is 2. The van der Waals surface area contributed by atoms with E-state index in [1.54, 1.807) is 22.9 Å². The van der Waals surface area contributed by atoms with Gasteiger partial charge in [0.1, 0.15) is 5.82 Å². The van der Waals surface area contributed by atoms with Crippen molar-refractivity contribution >= 4 is 29.0 Å². The van der Waals surface area contributed by atoms with E-state index >= 15 is 0 Å². The van der Waals surface area contributed by atoms with Crippen molar-refractivity contribution in [1.29, 1.82) is 0 Å². The summed E-state index contributed by atoms with van der Waals surface area (Å²) >= 11 is 12.1. The molecule has 21 heavy (non-hydrogen) atoms. The Hall–Kier alpha value is -1.97. The highest BCUT2D eigenvalue weighted by Gasteiger charge is 2.12. The monoisotopic (exact) mass is 317 g/mol. The maximum atomic E-state index is 6.22. The summed E-state index contributed by atoms with van der Waals surface area (Å²) < 4.78 is 1.63. The van der Waals surface area contributed by atoms with Crippen molar-refractivity contribution in [2.24, 2.45) is 0 Å². The molecule has 3 aromatic rings. The molecule has 1 heterocycles. The van der Waals surface area contributed by atoms with Crippen LogP contribution in [0.2, 0.25) is 10.0 Å². The number of nitrogens with zero attached hydrogens (tertiary/aromatic N) is 2. The standard InChI is InChI=1S/C16H13Cl2N3/c1-10-4-2-3-5-12(10)14-9-16(19)21(20-14)15-7-6-11(17)8-13(15)18/h2-9H,19H2,1H3. The van der Waals surface area contributed by atoms with Crippen molar-refractivity contribution in [3.05, 3.63) is 64.1 Å². The van der Waals surface area contributed by atoms with Gasteiger partial charge in [-0.1, -0.05) is 47.5 Å². The highest BCUT2D eigenvalue weighted by atomic mass is 35.5. The van der Waals surface area contributed by atoms with Crippen LogP contribution in [0.4, 0.5) is 5.82 Å². The summed E-state index contributed by atoms with van der Waals surface area (Å²) in [5, 5.41) is 5.65. The molecular formula is C16H13Cl2N3. The molecule has 0 saturated heterocycles. The fraction of sp³-hybridized carbons (Fsp3) is 0.0625. The zero-order valence-electron chi connectivity index (χ0n) is 11.3. The Morgan fingerprint density at radius 2 is 1.81 bits per heavy atom. The Balaban J connectivity index is 2.12. The van der Waals surface area contributed by atoms with Crippen LogP contribution in [0.3, 0.4) is 0 Å². The number of anilines is 1.